The first-order chi connectivity index (χ1) is 5.77. The lowest BCUT2D eigenvalue weighted by Gasteiger charge is -2.41. The van der Waals surface area contributed by atoms with E-state index in [2.05, 4.69) is 10.2 Å². The second-order valence-corrected chi connectivity index (χ2v) is 3.60. The van der Waals surface area contributed by atoms with Crippen LogP contribution >= 0.6 is 12.4 Å². The Hall–Kier alpha value is -0.320. The molecule has 76 valence electrons. The van der Waals surface area contributed by atoms with Gasteiger partial charge in [0.25, 0.3) is 0 Å². The van der Waals surface area contributed by atoms with E-state index in [1.165, 1.54) is 0 Å². The van der Waals surface area contributed by atoms with Gasteiger partial charge in [-0.3, -0.25) is 9.69 Å². The average Bonchev–Trinajstić information content (AvgIpc) is 1.93. The van der Waals surface area contributed by atoms with Crippen molar-refractivity contribution in [1.29, 1.82) is 0 Å². The molecule has 2 rings (SSSR count). The van der Waals surface area contributed by atoms with Crippen LogP contribution in [0, 0.1) is 0 Å². The first-order valence-corrected chi connectivity index (χ1v) is 4.46. The van der Waals surface area contributed by atoms with E-state index in [0.717, 1.165) is 26.2 Å². The lowest BCUT2D eigenvalue weighted by molar-refractivity contribution is -0.135. The number of carbonyl (C=O) groups is 1. The molecule has 2 heterocycles. The lowest BCUT2D eigenvalue weighted by atomic mass is 10.1. The summed E-state index contributed by atoms with van der Waals surface area (Å²) in [6.45, 7) is 4.64. The van der Waals surface area contributed by atoms with Gasteiger partial charge in [-0.15, -0.1) is 12.4 Å². The molecule has 0 aromatic carbocycles. The quantitative estimate of drug-likeness (QED) is 0.606. The Bertz CT molecular complexity index is 196. The van der Waals surface area contributed by atoms with Gasteiger partial charge in [-0.2, -0.15) is 0 Å². The summed E-state index contributed by atoms with van der Waals surface area (Å²) in [6, 6.07) is 0.614. The monoisotopic (exact) mass is 205 g/mol. The zero-order chi connectivity index (χ0) is 8.55. The normalized spacial score (nSPS) is 25.3. The number of hydrogen-bond acceptors (Lipinski definition) is 3. The van der Waals surface area contributed by atoms with Crippen LogP contribution in [0.4, 0.5) is 0 Å². The molecule has 0 radical (unpaired) electrons. The van der Waals surface area contributed by atoms with Crippen molar-refractivity contribution in [3.63, 3.8) is 0 Å². The highest BCUT2D eigenvalue weighted by molar-refractivity contribution is 5.85. The molecule has 1 N–H and O–H groups in total. The summed E-state index contributed by atoms with van der Waals surface area (Å²) in [5.41, 5.74) is 0. The van der Waals surface area contributed by atoms with E-state index in [-0.39, 0.29) is 18.3 Å². The first kappa shape index (κ1) is 10.8. The van der Waals surface area contributed by atoms with Gasteiger partial charge in [0.15, 0.2) is 0 Å². The van der Waals surface area contributed by atoms with Crippen LogP contribution in [0.2, 0.25) is 0 Å². The Morgan fingerprint density at radius 3 is 2.54 bits per heavy atom. The van der Waals surface area contributed by atoms with Gasteiger partial charge in [-0.05, 0) is 0 Å². The predicted molar refractivity (Wildman–Crippen MR) is 53.1 cm³/mol. The molecule has 0 aromatic rings. The molecule has 5 heteroatoms. The average molecular weight is 206 g/mol. The minimum Gasteiger partial charge on any atom is -0.343 e. The predicted octanol–water partition coefficient (Wildman–Crippen LogP) is -0.846. The van der Waals surface area contributed by atoms with Gasteiger partial charge in [0.1, 0.15) is 0 Å². The minimum absolute atomic E-state index is 0. The van der Waals surface area contributed by atoms with E-state index in [9.17, 15) is 4.79 Å². The molecular weight excluding hydrogens is 190 g/mol. The van der Waals surface area contributed by atoms with Crippen LogP contribution in [0.5, 0.6) is 0 Å². The van der Waals surface area contributed by atoms with Crippen LogP contribution in [0.15, 0.2) is 0 Å². The smallest absolute Gasteiger partial charge is 0.236 e. The van der Waals surface area contributed by atoms with Crippen molar-refractivity contribution in [3.05, 3.63) is 0 Å². The van der Waals surface area contributed by atoms with Crippen molar-refractivity contribution < 1.29 is 4.79 Å². The van der Waals surface area contributed by atoms with Gasteiger partial charge in [-0.1, -0.05) is 0 Å². The van der Waals surface area contributed by atoms with E-state index in [1.807, 2.05) is 11.9 Å². The summed E-state index contributed by atoms with van der Waals surface area (Å²) in [5, 5.41) is 3.22. The molecule has 13 heavy (non-hydrogen) atoms. The third-order valence-electron chi connectivity index (χ3n) is 2.76. The van der Waals surface area contributed by atoms with E-state index in [4.69, 9.17) is 0 Å². The molecule has 0 aromatic heterocycles. The highest BCUT2D eigenvalue weighted by Crippen LogP contribution is 2.08. The Balaban J connectivity index is 0.000000845. The number of nitrogens with zero attached hydrogens (tertiary/aromatic N) is 2. The summed E-state index contributed by atoms with van der Waals surface area (Å²) in [7, 11) is 1.87. The standard InChI is InChI=1S/C8H15N3O.ClH/c1-10-2-3-11(6-8(10)12)7-4-9-5-7;/h7,9H,2-6H2,1H3;1H. The number of likely N-dealkylation sites (N-methyl/N-ethyl adjacent to an activating group) is 1. The number of carbonyl (C=O) groups excluding carboxylic acids is 1. The number of halogens is 1. The summed E-state index contributed by atoms with van der Waals surface area (Å²) < 4.78 is 0. The molecule has 2 saturated heterocycles. The zero-order valence-corrected chi connectivity index (χ0v) is 8.64. The molecule has 0 saturated carbocycles. The van der Waals surface area contributed by atoms with Crippen LogP contribution in [0.3, 0.4) is 0 Å². The van der Waals surface area contributed by atoms with Crippen LogP contribution in [-0.2, 0) is 4.79 Å². The van der Waals surface area contributed by atoms with Crippen molar-refractivity contribution >= 4 is 18.3 Å². The Kier molecular flexibility index (Phi) is 3.53. The van der Waals surface area contributed by atoms with Crippen molar-refractivity contribution in [1.82, 2.24) is 15.1 Å². The first-order valence-electron chi connectivity index (χ1n) is 4.46. The number of hydrogen-bond donors (Lipinski definition) is 1. The molecule has 0 unspecified atom stereocenters. The van der Waals surface area contributed by atoms with Gasteiger partial charge in [0, 0.05) is 39.3 Å². The molecule has 4 nitrogen and oxygen atoms in total. The summed E-state index contributed by atoms with van der Waals surface area (Å²) in [6.07, 6.45) is 0. The molecule has 0 atom stereocenters. The van der Waals surface area contributed by atoms with Crippen LogP contribution < -0.4 is 5.32 Å². The van der Waals surface area contributed by atoms with E-state index in [0.29, 0.717) is 12.6 Å². The Labute approximate surface area is 84.7 Å². The number of piperazine rings is 1. The van der Waals surface area contributed by atoms with E-state index >= 15 is 0 Å². The molecule has 0 bridgehead atoms. The highest BCUT2D eigenvalue weighted by atomic mass is 35.5. The molecule has 2 aliphatic rings. The molecule has 0 aliphatic carbocycles. The molecule has 2 fully saturated rings. The zero-order valence-electron chi connectivity index (χ0n) is 7.82. The van der Waals surface area contributed by atoms with Crippen LogP contribution in [0.1, 0.15) is 0 Å². The number of amides is 1. The fraction of sp³-hybridized carbons (Fsp3) is 0.875. The number of nitrogens with one attached hydrogen (secondary N) is 1. The van der Waals surface area contributed by atoms with Gasteiger partial charge < -0.3 is 10.2 Å². The van der Waals surface area contributed by atoms with Crippen molar-refractivity contribution in [3.8, 4) is 0 Å². The second kappa shape index (κ2) is 4.26. The Morgan fingerprint density at radius 1 is 1.38 bits per heavy atom. The largest absolute Gasteiger partial charge is 0.343 e. The summed E-state index contributed by atoms with van der Waals surface area (Å²) in [4.78, 5) is 15.4. The second-order valence-electron chi connectivity index (χ2n) is 3.60. The molecule has 1 amide bonds. The summed E-state index contributed by atoms with van der Waals surface area (Å²) >= 11 is 0. The van der Waals surface area contributed by atoms with Crippen molar-refractivity contribution in [2.45, 2.75) is 6.04 Å². The fourth-order valence-electron chi connectivity index (χ4n) is 1.62. The van der Waals surface area contributed by atoms with Gasteiger partial charge in [-0.25, -0.2) is 0 Å². The van der Waals surface area contributed by atoms with Gasteiger partial charge in [0.2, 0.25) is 5.91 Å². The minimum atomic E-state index is 0. The molecule has 0 spiro atoms. The maximum atomic E-state index is 11.3. The molecule has 2 aliphatic heterocycles. The highest BCUT2D eigenvalue weighted by Gasteiger charge is 2.29. The third-order valence-corrected chi connectivity index (χ3v) is 2.76. The Morgan fingerprint density at radius 2 is 2.08 bits per heavy atom. The van der Waals surface area contributed by atoms with E-state index in [1.54, 1.807) is 0 Å². The lowest BCUT2D eigenvalue weighted by Crippen LogP contribution is -2.62. The van der Waals surface area contributed by atoms with Crippen molar-refractivity contribution in [2.24, 2.45) is 0 Å². The topological polar surface area (TPSA) is 35.6 Å². The van der Waals surface area contributed by atoms with Crippen LogP contribution in [-0.4, -0.2) is 61.5 Å². The van der Waals surface area contributed by atoms with Gasteiger partial charge in [0.05, 0.1) is 6.54 Å². The summed E-state index contributed by atoms with van der Waals surface area (Å²) in [5.74, 6) is 0.258. The van der Waals surface area contributed by atoms with E-state index < -0.39 is 0 Å². The van der Waals surface area contributed by atoms with Crippen molar-refractivity contribution in [2.75, 3.05) is 39.8 Å². The third kappa shape index (κ3) is 2.13. The fourth-order valence-corrected chi connectivity index (χ4v) is 1.62. The maximum absolute atomic E-state index is 11.3. The van der Waals surface area contributed by atoms with Crippen LogP contribution in [0.25, 0.3) is 0 Å². The molecular formula is C8H16ClN3O. The maximum Gasteiger partial charge on any atom is 0.236 e. The number of rotatable bonds is 1. The van der Waals surface area contributed by atoms with Gasteiger partial charge >= 0.3 is 0 Å². The SMILES string of the molecule is CN1CCN(C2CNC2)CC1=O.Cl.